The van der Waals surface area contributed by atoms with Crippen LogP contribution in [0.25, 0.3) is 0 Å². The van der Waals surface area contributed by atoms with E-state index in [0.717, 1.165) is 12.0 Å². The summed E-state index contributed by atoms with van der Waals surface area (Å²) in [4.78, 5) is 14.4. The predicted octanol–water partition coefficient (Wildman–Crippen LogP) is 0.379. The Morgan fingerprint density at radius 2 is 1.48 bits per heavy atom. The smallest absolute Gasteiger partial charge is 0.315 e. The molecule has 12 nitrogen and oxygen atoms in total. The molecule has 6 rings (SSSR count). The van der Waals surface area contributed by atoms with Gasteiger partial charge in [-0.15, -0.1) is 0 Å². The molecule has 6 aliphatic rings. The van der Waals surface area contributed by atoms with Gasteiger partial charge in [-0.05, 0) is 84.9 Å². The standard InChI is InChI=1S/C36H58O12/c1-31(2)10-12-35(30(46)48-29-26(43)25(42)24(41)20(15-37)47-29)13-11-33(4)18(23(35)28(31)45)6-7-21-32(3)14-19(40)27(44)36(16-38,17-39)22(32)8-9-34(21,33)5/h6,19-29,37-45H,7-17H2,1-5H3/t19-,20-,21+,22-,23-,24-,25+,26-,27+,28+,29+,32-,33-,34-,35+/m1/s1. The normalized spacial score (nSPS) is 52.5. The maximum atomic E-state index is 14.4. The quantitative estimate of drug-likeness (QED) is 0.142. The molecular formula is C36H58O12. The Kier molecular flexibility index (Phi) is 9.10. The Morgan fingerprint density at radius 1 is 0.833 bits per heavy atom. The fourth-order valence-corrected chi connectivity index (χ4v) is 12.2. The molecule has 1 heterocycles. The zero-order valence-electron chi connectivity index (χ0n) is 29.0. The van der Waals surface area contributed by atoms with Gasteiger partial charge in [0.25, 0.3) is 0 Å². The highest BCUT2D eigenvalue weighted by Crippen LogP contribution is 2.76. The van der Waals surface area contributed by atoms with E-state index >= 15 is 0 Å². The molecule has 12 heteroatoms. The number of hydrogen-bond donors (Lipinski definition) is 9. The summed E-state index contributed by atoms with van der Waals surface area (Å²) in [6.07, 6.45) is -4.76. The minimum atomic E-state index is -1.74. The molecule has 0 aromatic heterocycles. The zero-order valence-corrected chi connectivity index (χ0v) is 29.0. The van der Waals surface area contributed by atoms with Crippen molar-refractivity contribution in [3.8, 4) is 0 Å². The molecule has 0 spiro atoms. The van der Waals surface area contributed by atoms with Gasteiger partial charge in [0.05, 0.1) is 43.5 Å². The number of fused-ring (bicyclic) bond motifs is 7. The average molecular weight is 683 g/mol. The highest BCUT2D eigenvalue weighted by molar-refractivity contribution is 5.79. The Labute approximate surface area is 282 Å². The van der Waals surface area contributed by atoms with Crippen LogP contribution in [0.5, 0.6) is 0 Å². The molecule has 5 aliphatic carbocycles. The molecule has 1 aliphatic heterocycles. The second-order valence-electron chi connectivity index (χ2n) is 17.7. The maximum absolute atomic E-state index is 14.4. The van der Waals surface area contributed by atoms with E-state index in [1.807, 2.05) is 13.8 Å². The zero-order chi connectivity index (χ0) is 35.4. The van der Waals surface area contributed by atoms with Gasteiger partial charge in [-0.3, -0.25) is 4.79 Å². The third-order valence-electron chi connectivity index (χ3n) is 15.5. The van der Waals surface area contributed by atoms with Crippen molar-refractivity contribution in [2.45, 2.75) is 135 Å². The lowest BCUT2D eigenvalue weighted by Gasteiger charge is -2.72. The molecule has 4 saturated carbocycles. The van der Waals surface area contributed by atoms with E-state index in [9.17, 15) is 50.8 Å². The van der Waals surface area contributed by atoms with Gasteiger partial charge in [-0.25, -0.2) is 0 Å². The highest BCUT2D eigenvalue weighted by atomic mass is 16.7. The van der Waals surface area contributed by atoms with E-state index in [0.29, 0.717) is 44.9 Å². The van der Waals surface area contributed by atoms with E-state index in [4.69, 9.17) is 9.47 Å². The second-order valence-corrected chi connectivity index (χ2v) is 17.7. The monoisotopic (exact) mass is 682 g/mol. The molecule has 15 atom stereocenters. The van der Waals surface area contributed by atoms with Crippen LogP contribution in [0.15, 0.2) is 11.6 Å². The van der Waals surface area contributed by atoms with E-state index < -0.39 is 108 Å². The van der Waals surface area contributed by atoms with Gasteiger partial charge in [0.1, 0.15) is 24.4 Å². The molecule has 0 amide bonds. The fraction of sp³-hybridized carbons (Fsp3) is 0.917. The number of carbonyl (C=O) groups excluding carboxylic acids is 1. The van der Waals surface area contributed by atoms with E-state index in [-0.39, 0.29) is 17.3 Å². The highest BCUT2D eigenvalue weighted by Gasteiger charge is 2.72. The van der Waals surface area contributed by atoms with Gasteiger partial charge < -0.3 is 55.4 Å². The number of hydrogen-bond acceptors (Lipinski definition) is 12. The summed E-state index contributed by atoms with van der Waals surface area (Å²) in [5, 5.41) is 96.6. The first-order valence-corrected chi connectivity index (χ1v) is 17.8. The van der Waals surface area contributed by atoms with Gasteiger partial charge >= 0.3 is 5.97 Å². The average Bonchev–Trinajstić information content (AvgIpc) is 3.04. The van der Waals surface area contributed by atoms with Crippen LogP contribution in [0.2, 0.25) is 0 Å². The van der Waals surface area contributed by atoms with Gasteiger partial charge in [-0.1, -0.05) is 46.3 Å². The molecule has 0 bridgehead atoms. The maximum Gasteiger partial charge on any atom is 0.315 e. The van der Waals surface area contributed by atoms with Crippen LogP contribution in [-0.2, 0) is 14.3 Å². The van der Waals surface area contributed by atoms with Crippen molar-refractivity contribution in [3.63, 3.8) is 0 Å². The first-order chi connectivity index (χ1) is 22.3. The van der Waals surface area contributed by atoms with E-state index in [1.165, 1.54) is 0 Å². The summed E-state index contributed by atoms with van der Waals surface area (Å²) in [6, 6.07) is 0. The summed E-state index contributed by atoms with van der Waals surface area (Å²) >= 11 is 0. The molecule has 0 radical (unpaired) electrons. The largest absolute Gasteiger partial charge is 0.432 e. The van der Waals surface area contributed by atoms with Crippen LogP contribution in [-0.4, -0.2) is 121 Å². The molecule has 0 aromatic rings. The molecule has 48 heavy (non-hydrogen) atoms. The first-order valence-electron chi connectivity index (χ1n) is 17.8. The summed E-state index contributed by atoms with van der Waals surface area (Å²) in [5.41, 5.74) is -3.27. The van der Waals surface area contributed by atoms with E-state index in [2.05, 4.69) is 26.8 Å². The lowest BCUT2D eigenvalue weighted by atomic mass is 9.33. The fourth-order valence-electron chi connectivity index (χ4n) is 12.2. The number of rotatable bonds is 5. The van der Waals surface area contributed by atoms with Crippen LogP contribution >= 0.6 is 0 Å². The van der Waals surface area contributed by atoms with Crippen molar-refractivity contribution in [1.82, 2.24) is 0 Å². The van der Waals surface area contributed by atoms with Crippen LogP contribution in [0.3, 0.4) is 0 Å². The van der Waals surface area contributed by atoms with Crippen LogP contribution in [0, 0.1) is 50.2 Å². The molecule has 1 saturated heterocycles. The van der Waals surface area contributed by atoms with Crippen molar-refractivity contribution in [2.75, 3.05) is 19.8 Å². The number of aliphatic hydroxyl groups excluding tert-OH is 9. The van der Waals surface area contributed by atoms with Crippen LogP contribution in [0.1, 0.15) is 86.0 Å². The lowest BCUT2D eigenvalue weighted by Crippen LogP contribution is -2.70. The van der Waals surface area contributed by atoms with Crippen molar-refractivity contribution >= 4 is 5.97 Å². The van der Waals surface area contributed by atoms with Gasteiger partial charge in [-0.2, -0.15) is 0 Å². The van der Waals surface area contributed by atoms with Gasteiger partial charge in [0, 0.05) is 11.3 Å². The Morgan fingerprint density at radius 3 is 2.10 bits per heavy atom. The van der Waals surface area contributed by atoms with Crippen molar-refractivity contribution < 1.29 is 60.2 Å². The topological polar surface area (TPSA) is 218 Å². The van der Waals surface area contributed by atoms with Crippen molar-refractivity contribution in [3.05, 3.63) is 11.6 Å². The van der Waals surface area contributed by atoms with Gasteiger partial charge in [0.15, 0.2) is 0 Å². The molecule has 0 unspecified atom stereocenters. The number of aliphatic hydroxyl groups is 9. The van der Waals surface area contributed by atoms with Gasteiger partial charge in [0.2, 0.25) is 6.29 Å². The van der Waals surface area contributed by atoms with Crippen LogP contribution < -0.4 is 0 Å². The Bertz CT molecular complexity index is 1280. The lowest BCUT2D eigenvalue weighted by molar-refractivity contribution is -0.298. The summed E-state index contributed by atoms with van der Waals surface area (Å²) < 4.78 is 11.4. The summed E-state index contributed by atoms with van der Waals surface area (Å²) in [5.74, 6) is -1.49. The van der Waals surface area contributed by atoms with Crippen molar-refractivity contribution in [2.24, 2.45) is 50.2 Å². The minimum absolute atomic E-state index is 0.0134. The van der Waals surface area contributed by atoms with E-state index in [1.54, 1.807) is 0 Å². The van der Waals surface area contributed by atoms with Crippen LogP contribution in [0.4, 0.5) is 0 Å². The molecular weight excluding hydrogens is 624 g/mol. The minimum Gasteiger partial charge on any atom is -0.432 e. The number of ether oxygens (including phenoxy) is 2. The number of allylic oxidation sites excluding steroid dienone is 1. The third-order valence-corrected chi connectivity index (χ3v) is 15.5. The summed E-state index contributed by atoms with van der Waals surface area (Å²) in [6.45, 7) is 9.07. The first kappa shape index (κ1) is 36.6. The Hall–Kier alpha value is -1.19. The molecule has 0 aromatic carbocycles. The third kappa shape index (κ3) is 4.66. The molecule has 274 valence electrons. The second kappa shape index (κ2) is 11.9. The molecule has 5 fully saturated rings. The predicted molar refractivity (Wildman–Crippen MR) is 171 cm³/mol. The van der Waals surface area contributed by atoms with Crippen molar-refractivity contribution in [1.29, 1.82) is 0 Å². The molecule has 9 N–H and O–H groups in total. The SMILES string of the molecule is CC1(C)CC[C@]2(C(=O)O[C@@H]3O[C@H](CO)[C@@H](O)[C@H](O)[C@H]3O)CC[C@]3(C)C(=CC[C@H]4[C@@]5(C)C[C@@H](O)[C@H](O)C(CO)(CO)[C@@H]5CC[C@]43C)[C@@H]2[C@@H]1O. The summed E-state index contributed by atoms with van der Waals surface area (Å²) in [7, 11) is 0. The Balaban J connectivity index is 1.39. The number of carbonyl (C=O) groups is 1. The number of esters is 1.